The molecule has 0 atom stereocenters. The standard InChI is InChI=1S/C5H7N7/c1-3-2-4(7-6)9-12-5(3)8-10-11-12/h2H,6H2,1H3,(H,7,9). The number of aromatic nitrogens is 5. The van der Waals surface area contributed by atoms with Crippen LogP contribution in [-0.2, 0) is 0 Å². The van der Waals surface area contributed by atoms with Crippen molar-refractivity contribution in [1.29, 1.82) is 0 Å². The zero-order valence-electron chi connectivity index (χ0n) is 6.39. The van der Waals surface area contributed by atoms with Crippen molar-refractivity contribution >= 4 is 11.5 Å². The van der Waals surface area contributed by atoms with Gasteiger partial charge in [-0.2, -0.15) is 0 Å². The van der Waals surface area contributed by atoms with Crippen LogP contribution < -0.4 is 11.3 Å². The van der Waals surface area contributed by atoms with Gasteiger partial charge in [0.1, 0.15) is 0 Å². The SMILES string of the molecule is Cc1cc(NN)nn2nnnc12. The highest BCUT2D eigenvalue weighted by Crippen LogP contribution is 2.07. The van der Waals surface area contributed by atoms with Crippen LogP contribution in [0.5, 0.6) is 0 Å². The fraction of sp³-hybridized carbons (Fsp3) is 0.200. The van der Waals surface area contributed by atoms with Crippen molar-refractivity contribution in [3.05, 3.63) is 11.6 Å². The van der Waals surface area contributed by atoms with E-state index in [9.17, 15) is 0 Å². The quantitative estimate of drug-likeness (QED) is 0.420. The van der Waals surface area contributed by atoms with Crippen LogP contribution in [0.2, 0.25) is 0 Å². The van der Waals surface area contributed by atoms with Gasteiger partial charge in [0.25, 0.3) is 0 Å². The molecule has 2 rings (SSSR count). The van der Waals surface area contributed by atoms with Gasteiger partial charge in [-0.1, -0.05) is 0 Å². The summed E-state index contributed by atoms with van der Waals surface area (Å²) in [6.07, 6.45) is 0. The van der Waals surface area contributed by atoms with Crippen LogP contribution in [0.4, 0.5) is 5.82 Å². The number of nitrogens with zero attached hydrogens (tertiary/aromatic N) is 5. The first-order chi connectivity index (χ1) is 5.81. The molecule has 0 aliphatic carbocycles. The number of nitrogen functional groups attached to an aromatic ring is 1. The molecule has 12 heavy (non-hydrogen) atoms. The van der Waals surface area contributed by atoms with E-state index in [1.165, 1.54) is 4.63 Å². The first-order valence-corrected chi connectivity index (χ1v) is 3.34. The number of aryl methyl sites for hydroxylation is 1. The van der Waals surface area contributed by atoms with E-state index >= 15 is 0 Å². The fourth-order valence-corrected chi connectivity index (χ4v) is 0.958. The Morgan fingerprint density at radius 1 is 1.58 bits per heavy atom. The molecule has 3 N–H and O–H groups in total. The number of nitrogens with one attached hydrogen (secondary N) is 1. The van der Waals surface area contributed by atoms with Gasteiger partial charge in [0, 0.05) is 5.56 Å². The summed E-state index contributed by atoms with van der Waals surface area (Å²) in [4.78, 5) is 0. The molecule has 0 saturated heterocycles. The minimum absolute atomic E-state index is 0.535. The van der Waals surface area contributed by atoms with Gasteiger partial charge < -0.3 is 5.43 Å². The highest BCUT2D eigenvalue weighted by Gasteiger charge is 2.03. The topological polar surface area (TPSA) is 94.0 Å². The van der Waals surface area contributed by atoms with Crippen molar-refractivity contribution in [3.63, 3.8) is 0 Å². The molecule has 0 aromatic carbocycles. The average Bonchev–Trinajstić information content (AvgIpc) is 2.52. The van der Waals surface area contributed by atoms with Crippen LogP contribution >= 0.6 is 0 Å². The molecule has 0 unspecified atom stereocenters. The fourth-order valence-electron chi connectivity index (χ4n) is 0.958. The second kappa shape index (κ2) is 2.38. The van der Waals surface area contributed by atoms with Crippen molar-refractivity contribution in [2.45, 2.75) is 6.92 Å². The lowest BCUT2D eigenvalue weighted by molar-refractivity contribution is 0.733. The maximum absolute atomic E-state index is 5.18. The highest BCUT2D eigenvalue weighted by atomic mass is 15.6. The second-order valence-corrected chi connectivity index (χ2v) is 2.35. The molecule has 0 aliphatic heterocycles. The van der Waals surface area contributed by atoms with Crippen LogP contribution in [0.15, 0.2) is 6.07 Å². The number of fused-ring (bicyclic) bond motifs is 1. The summed E-state index contributed by atoms with van der Waals surface area (Å²) >= 11 is 0. The summed E-state index contributed by atoms with van der Waals surface area (Å²) in [6, 6.07) is 1.77. The minimum atomic E-state index is 0.535. The molecule has 0 fully saturated rings. The zero-order valence-corrected chi connectivity index (χ0v) is 6.39. The molecular weight excluding hydrogens is 158 g/mol. The molecular formula is C5H7N7. The predicted molar refractivity (Wildman–Crippen MR) is 41.1 cm³/mol. The number of anilines is 1. The van der Waals surface area contributed by atoms with E-state index in [0.29, 0.717) is 11.5 Å². The summed E-state index contributed by atoms with van der Waals surface area (Å²) in [5.41, 5.74) is 3.97. The summed E-state index contributed by atoms with van der Waals surface area (Å²) in [5, 5.41) is 14.8. The van der Waals surface area contributed by atoms with E-state index < -0.39 is 0 Å². The smallest absolute Gasteiger partial charge is 0.203 e. The molecule has 2 heterocycles. The van der Waals surface area contributed by atoms with Crippen molar-refractivity contribution in [3.8, 4) is 0 Å². The Bertz CT molecular complexity index is 405. The second-order valence-electron chi connectivity index (χ2n) is 2.35. The number of hydrazine groups is 1. The molecule has 0 saturated carbocycles. The number of rotatable bonds is 1. The van der Waals surface area contributed by atoms with Crippen LogP contribution in [0.1, 0.15) is 5.56 Å². The average molecular weight is 165 g/mol. The molecule has 0 aliphatic rings. The van der Waals surface area contributed by atoms with E-state index in [-0.39, 0.29) is 0 Å². The lowest BCUT2D eigenvalue weighted by atomic mass is 10.3. The largest absolute Gasteiger partial charge is 0.307 e. The maximum Gasteiger partial charge on any atom is 0.203 e. The molecule has 0 bridgehead atoms. The molecule has 0 radical (unpaired) electrons. The molecule has 0 spiro atoms. The summed E-state index contributed by atoms with van der Waals surface area (Å²) in [6.45, 7) is 1.88. The van der Waals surface area contributed by atoms with Crippen molar-refractivity contribution in [2.75, 3.05) is 5.43 Å². The van der Waals surface area contributed by atoms with Crippen LogP contribution in [0, 0.1) is 6.92 Å². The molecule has 62 valence electrons. The number of nitrogens with two attached hydrogens (primary N) is 1. The van der Waals surface area contributed by atoms with Gasteiger partial charge in [-0.15, -0.1) is 14.8 Å². The van der Waals surface area contributed by atoms with E-state index in [1.807, 2.05) is 6.92 Å². The van der Waals surface area contributed by atoms with Gasteiger partial charge in [-0.05, 0) is 23.4 Å². The van der Waals surface area contributed by atoms with Gasteiger partial charge in [0.05, 0.1) is 0 Å². The third kappa shape index (κ3) is 0.873. The molecule has 2 aromatic heterocycles. The molecule has 7 heteroatoms. The Labute approximate surface area is 67.5 Å². The monoisotopic (exact) mass is 165 g/mol. The van der Waals surface area contributed by atoms with Gasteiger partial charge >= 0.3 is 0 Å². The zero-order chi connectivity index (χ0) is 8.55. The first-order valence-electron chi connectivity index (χ1n) is 3.34. The van der Waals surface area contributed by atoms with Crippen molar-refractivity contribution in [2.24, 2.45) is 5.84 Å². The van der Waals surface area contributed by atoms with Gasteiger partial charge in [-0.25, -0.2) is 5.84 Å². The van der Waals surface area contributed by atoms with Crippen molar-refractivity contribution in [1.82, 2.24) is 25.3 Å². The van der Waals surface area contributed by atoms with Gasteiger partial charge in [-0.3, -0.25) is 0 Å². The third-order valence-electron chi connectivity index (χ3n) is 1.51. The summed E-state index contributed by atoms with van der Waals surface area (Å²) in [7, 11) is 0. The number of hydrogen-bond donors (Lipinski definition) is 2. The van der Waals surface area contributed by atoms with E-state index in [1.54, 1.807) is 6.07 Å². The highest BCUT2D eigenvalue weighted by molar-refractivity contribution is 5.49. The Balaban J connectivity index is 2.75. The summed E-state index contributed by atoms with van der Waals surface area (Å²) in [5.74, 6) is 5.72. The van der Waals surface area contributed by atoms with Crippen LogP contribution in [0.25, 0.3) is 5.65 Å². The number of hydrogen-bond acceptors (Lipinski definition) is 6. The third-order valence-corrected chi connectivity index (χ3v) is 1.51. The molecule has 7 nitrogen and oxygen atoms in total. The Morgan fingerprint density at radius 3 is 3.17 bits per heavy atom. The van der Waals surface area contributed by atoms with Gasteiger partial charge in [0.2, 0.25) is 5.65 Å². The van der Waals surface area contributed by atoms with Crippen LogP contribution in [0.3, 0.4) is 0 Å². The molecule has 0 amide bonds. The van der Waals surface area contributed by atoms with E-state index in [4.69, 9.17) is 5.84 Å². The maximum atomic E-state index is 5.18. The Hall–Kier alpha value is -1.76. The molecule has 2 aromatic rings. The Kier molecular flexibility index (Phi) is 1.37. The Morgan fingerprint density at radius 2 is 2.42 bits per heavy atom. The van der Waals surface area contributed by atoms with Crippen molar-refractivity contribution < 1.29 is 0 Å². The van der Waals surface area contributed by atoms with Crippen LogP contribution in [-0.4, -0.2) is 25.3 Å². The minimum Gasteiger partial charge on any atom is -0.307 e. The normalized spacial score (nSPS) is 10.5. The predicted octanol–water partition coefficient (Wildman–Crippen LogP) is -0.887. The lowest BCUT2D eigenvalue weighted by Gasteiger charge is -1.99. The van der Waals surface area contributed by atoms with Gasteiger partial charge in [0.15, 0.2) is 5.82 Å². The van der Waals surface area contributed by atoms with E-state index in [0.717, 1.165) is 5.56 Å². The van der Waals surface area contributed by atoms with E-state index in [2.05, 4.69) is 26.0 Å². The first kappa shape index (κ1) is 6.92. The summed E-state index contributed by atoms with van der Waals surface area (Å²) < 4.78 is 1.32. The lowest BCUT2D eigenvalue weighted by Crippen LogP contribution is -2.11. The number of tetrazole rings is 1.